The second-order valence-corrected chi connectivity index (χ2v) is 7.33. The summed E-state index contributed by atoms with van der Waals surface area (Å²) in [5.41, 5.74) is 1.05. The largest absolute Gasteiger partial charge is 0.223 e. The number of sulfone groups is 1. The third kappa shape index (κ3) is 4.11. The third-order valence-corrected chi connectivity index (χ3v) is 5.06. The van der Waals surface area contributed by atoms with Crippen molar-refractivity contribution in [2.75, 3.05) is 0 Å². The van der Waals surface area contributed by atoms with Crippen LogP contribution in [0.2, 0.25) is 10.0 Å². The number of nitrogens with zero attached hydrogens (tertiary/aromatic N) is 1. The van der Waals surface area contributed by atoms with Crippen LogP contribution in [0, 0.1) is 11.3 Å². The molecule has 0 fully saturated rings. The summed E-state index contributed by atoms with van der Waals surface area (Å²) in [6.07, 6.45) is 1.35. The lowest BCUT2D eigenvalue weighted by molar-refractivity contribution is 0.602. The highest BCUT2D eigenvalue weighted by Crippen LogP contribution is 2.25. The Morgan fingerprint density at radius 2 is 1.82 bits per heavy atom. The number of nitriles is 1. The molecule has 0 aromatic heterocycles. The van der Waals surface area contributed by atoms with Crippen molar-refractivity contribution in [2.24, 2.45) is 0 Å². The standard InChI is InChI=1S/C16H11Cl2NO2S/c17-14-7-6-13(16(18)9-14)11-22(20,21)15(10-19)8-12-4-2-1-3-5-12/h1-9H,11H2/b15-8-. The highest BCUT2D eigenvalue weighted by molar-refractivity contribution is 7.95. The van der Waals surface area contributed by atoms with Gasteiger partial charge in [0.05, 0.1) is 5.75 Å². The molecule has 0 aliphatic heterocycles. The molecule has 0 atom stereocenters. The van der Waals surface area contributed by atoms with Gasteiger partial charge in [-0.15, -0.1) is 0 Å². The Bertz CT molecular complexity index is 853. The Kier molecular flexibility index (Phi) is 5.25. The average molecular weight is 352 g/mol. The molecule has 2 aromatic carbocycles. The van der Waals surface area contributed by atoms with E-state index in [0.717, 1.165) is 0 Å². The molecule has 112 valence electrons. The Balaban J connectivity index is 2.36. The lowest BCUT2D eigenvalue weighted by atomic mass is 10.2. The maximum absolute atomic E-state index is 12.4. The number of hydrogen-bond donors (Lipinski definition) is 0. The van der Waals surface area contributed by atoms with E-state index in [0.29, 0.717) is 16.1 Å². The minimum Gasteiger partial charge on any atom is -0.223 e. The van der Waals surface area contributed by atoms with Crippen molar-refractivity contribution in [3.05, 3.63) is 74.6 Å². The molecule has 6 heteroatoms. The van der Waals surface area contributed by atoms with Crippen molar-refractivity contribution in [3.8, 4) is 6.07 Å². The van der Waals surface area contributed by atoms with Gasteiger partial charge in [0.1, 0.15) is 11.0 Å². The number of benzene rings is 2. The topological polar surface area (TPSA) is 57.9 Å². The van der Waals surface area contributed by atoms with Crippen molar-refractivity contribution < 1.29 is 8.42 Å². The second kappa shape index (κ2) is 6.97. The lowest BCUT2D eigenvalue weighted by Gasteiger charge is -2.06. The number of rotatable bonds is 4. The van der Waals surface area contributed by atoms with Crippen LogP contribution in [0.5, 0.6) is 0 Å². The van der Waals surface area contributed by atoms with Crippen molar-refractivity contribution in [3.63, 3.8) is 0 Å². The van der Waals surface area contributed by atoms with Gasteiger partial charge in [0.25, 0.3) is 0 Å². The summed E-state index contributed by atoms with van der Waals surface area (Å²) < 4.78 is 24.8. The summed E-state index contributed by atoms with van der Waals surface area (Å²) in [6, 6.07) is 15.1. The van der Waals surface area contributed by atoms with Crippen LogP contribution < -0.4 is 0 Å². The Morgan fingerprint density at radius 1 is 1.14 bits per heavy atom. The van der Waals surface area contributed by atoms with E-state index in [9.17, 15) is 8.42 Å². The smallest absolute Gasteiger partial charge is 0.192 e. The minimum atomic E-state index is -3.79. The Morgan fingerprint density at radius 3 is 2.41 bits per heavy atom. The molecule has 0 unspecified atom stereocenters. The van der Waals surface area contributed by atoms with Crippen molar-refractivity contribution in [2.45, 2.75) is 5.75 Å². The molecule has 0 bridgehead atoms. The van der Waals surface area contributed by atoms with E-state index in [1.165, 1.54) is 12.1 Å². The summed E-state index contributed by atoms with van der Waals surface area (Å²) in [4.78, 5) is -0.301. The van der Waals surface area contributed by atoms with Gasteiger partial charge in [-0.05, 0) is 29.3 Å². The maximum atomic E-state index is 12.4. The fraction of sp³-hybridized carbons (Fsp3) is 0.0625. The summed E-state index contributed by atoms with van der Waals surface area (Å²) in [7, 11) is -3.79. The van der Waals surface area contributed by atoms with Crippen LogP contribution in [-0.2, 0) is 15.6 Å². The fourth-order valence-corrected chi connectivity index (χ4v) is 3.64. The zero-order valence-electron chi connectivity index (χ0n) is 11.3. The fourth-order valence-electron chi connectivity index (χ4n) is 1.81. The molecular formula is C16H11Cl2NO2S. The first kappa shape index (κ1) is 16.6. The van der Waals surface area contributed by atoms with Gasteiger partial charge in [-0.2, -0.15) is 5.26 Å². The zero-order chi connectivity index (χ0) is 16.2. The maximum Gasteiger partial charge on any atom is 0.192 e. The predicted octanol–water partition coefficient (Wildman–Crippen LogP) is 4.47. The normalized spacial score (nSPS) is 12.0. The average Bonchev–Trinajstić information content (AvgIpc) is 2.48. The molecule has 2 aromatic rings. The molecule has 22 heavy (non-hydrogen) atoms. The molecule has 0 spiro atoms. The van der Waals surface area contributed by atoms with E-state index >= 15 is 0 Å². The molecule has 0 radical (unpaired) electrons. The second-order valence-electron chi connectivity index (χ2n) is 4.53. The number of allylic oxidation sites excluding steroid dienone is 1. The first-order chi connectivity index (χ1) is 10.4. The van der Waals surface area contributed by atoms with Crippen LogP contribution in [0.15, 0.2) is 53.4 Å². The highest BCUT2D eigenvalue weighted by Gasteiger charge is 2.20. The molecule has 2 rings (SSSR count). The molecule has 0 amide bonds. The Labute approximate surface area is 139 Å². The zero-order valence-corrected chi connectivity index (χ0v) is 13.7. The molecule has 0 aliphatic carbocycles. The van der Waals surface area contributed by atoms with Crippen LogP contribution in [0.25, 0.3) is 6.08 Å². The summed E-state index contributed by atoms with van der Waals surface area (Å²) >= 11 is 11.8. The van der Waals surface area contributed by atoms with E-state index in [-0.39, 0.29) is 15.7 Å². The first-order valence-corrected chi connectivity index (χ1v) is 8.67. The van der Waals surface area contributed by atoms with Crippen LogP contribution in [0.4, 0.5) is 0 Å². The predicted molar refractivity (Wildman–Crippen MR) is 89.1 cm³/mol. The van der Waals surface area contributed by atoms with Crippen LogP contribution in [-0.4, -0.2) is 8.42 Å². The molecular weight excluding hydrogens is 341 g/mol. The van der Waals surface area contributed by atoms with E-state index in [1.54, 1.807) is 42.5 Å². The summed E-state index contributed by atoms with van der Waals surface area (Å²) in [5, 5.41) is 9.84. The van der Waals surface area contributed by atoms with Gasteiger partial charge < -0.3 is 0 Å². The quantitative estimate of drug-likeness (QED) is 0.763. The molecule has 0 heterocycles. The monoisotopic (exact) mass is 351 g/mol. The lowest BCUT2D eigenvalue weighted by Crippen LogP contribution is -2.07. The molecule has 3 nitrogen and oxygen atoms in total. The highest BCUT2D eigenvalue weighted by atomic mass is 35.5. The molecule has 0 saturated heterocycles. The first-order valence-electron chi connectivity index (χ1n) is 6.26. The minimum absolute atomic E-state index is 0.257. The van der Waals surface area contributed by atoms with Gasteiger partial charge in [0.2, 0.25) is 0 Å². The van der Waals surface area contributed by atoms with E-state index in [4.69, 9.17) is 28.5 Å². The number of hydrogen-bond acceptors (Lipinski definition) is 3. The summed E-state index contributed by atoms with van der Waals surface area (Å²) in [6.45, 7) is 0. The number of halogens is 2. The van der Waals surface area contributed by atoms with Crippen LogP contribution in [0.3, 0.4) is 0 Å². The molecule has 0 aliphatic rings. The van der Waals surface area contributed by atoms with Gasteiger partial charge in [-0.3, -0.25) is 0 Å². The van der Waals surface area contributed by atoms with E-state index in [1.807, 2.05) is 6.07 Å². The SMILES string of the molecule is N#C/C(=C/c1ccccc1)S(=O)(=O)Cc1ccc(Cl)cc1Cl. The van der Waals surface area contributed by atoms with Gasteiger partial charge in [-0.25, -0.2) is 8.42 Å². The van der Waals surface area contributed by atoms with Gasteiger partial charge >= 0.3 is 0 Å². The van der Waals surface area contributed by atoms with Crippen molar-refractivity contribution in [1.29, 1.82) is 5.26 Å². The van der Waals surface area contributed by atoms with Gasteiger partial charge in [-0.1, -0.05) is 59.6 Å². The van der Waals surface area contributed by atoms with Crippen LogP contribution >= 0.6 is 23.2 Å². The molecule has 0 saturated carbocycles. The van der Waals surface area contributed by atoms with Crippen molar-refractivity contribution >= 4 is 39.1 Å². The van der Waals surface area contributed by atoms with Crippen molar-refractivity contribution in [1.82, 2.24) is 0 Å². The van der Waals surface area contributed by atoms with E-state index in [2.05, 4.69) is 0 Å². The van der Waals surface area contributed by atoms with E-state index < -0.39 is 9.84 Å². The Hall–Kier alpha value is -1.80. The van der Waals surface area contributed by atoms with Gasteiger partial charge in [0, 0.05) is 10.0 Å². The van der Waals surface area contributed by atoms with Gasteiger partial charge in [0.15, 0.2) is 9.84 Å². The van der Waals surface area contributed by atoms with Crippen LogP contribution in [0.1, 0.15) is 11.1 Å². The summed E-state index contributed by atoms with van der Waals surface area (Å²) in [5.74, 6) is -0.352. The third-order valence-electron chi connectivity index (χ3n) is 2.90. The molecule has 0 N–H and O–H groups in total.